The lowest BCUT2D eigenvalue weighted by Gasteiger charge is -2.31. The molecule has 186 valence electrons. The van der Waals surface area contributed by atoms with E-state index in [2.05, 4.69) is 38.0 Å². The number of nitrogens with one attached hydrogen (secondary N) is 1. The molecule has 0 radical (unpaired) electrons. The van der Waals surface area contributed by atoms with E-state index < -0.39 is 0 Å². The molecule has 2 aliphatic rings. The van der Waals surface area contributed by atoms with Crippen molar-refractivity contribution >= 4 is 17.3 Å². The van der Waals surface area contributed by atoms with Crippen molar-refractivity contribution in [1.29, 1.82) is 0 Å². The number of carbonyl (C=O) groups excluding carboxylic acids is 1. The van der Waals surface area contributed by atoms with Gasteiger partial charge in [-0.15, -0.1) is 0 Å². The molecule has 0 unspecified atom stereocenters. The summed E-state index contributed by atoms with van der Waals surface area (Å²) in [7, 11) is 1.66. The molecular formula is C28H30N4O4. The lowest BCUT2D eigenvalue weighted by molar-refractivity contribution is -0.116. The summed E-state index contributed by atoms with van der Waals surface area (Å²) in [5.41, 5.74) is 4.27. The Balaban J connectivity index is 1.52. The molecule has 4 heterocycles. The van der Waals surface area contributed by atoms with E-state index in [0.717, 1.165) is 45.9 Å². The summed E-state index contributed by atoms with van der Waals surface area (Å²) >= 11 is 0. The minimum atomic E-state index is -0.367. The predicted octanol–water partition coefficient (Wildman–Crippen LogP) is 3.78. The predicted molar refractivity (Wildman–Crippen MR) is 138 cm³/mol. The van der Waals surface area contributed by atoms with E-state index in [9.17, 15) is 9.59 Å². The first kappa shape index (κ1) is 23.8. The first-order chi connectivity index (χ1) is 17.0. The molecule has 0 bridgehead atoms. The highest BCUT2D eigenvalue weighted by Crippen LogP contribution is 2.47. The van der Waals surface area contributed by atoms with Gasteiger partial charge in [0.1, 0.15) is 12.1 Å². The van der Waals surface area contributed by atoms with E-state index in [4.69, 9.17) is 14.5 Å². The maximum Gasteiger partial charge on any atom is 0.251 e. The van der Waals surface area contributed by atoms with Crippen molar-refractivity contribution in [2.24, 2.45) is 4.99 Å². The number of benzene rings is 1. The van der Waals surface area contributed by atoms with Crippen molar-refractivity contribution in [3.63, 3.8) is 0 Å². The Bertz CT molecular complexity index is 1440. The van der Waals surface area contributed by atoms with Crippen molar-refractivity contribution in [2.75, 3.05) is 12.4 Å². The highest BCUT2D eigenvalue weighted by Gasteiger charge is 2.39. The number of hydrogen-bond acceptors (Lipinski definition) is 6. The third-order valence-electron chi connectivity index (χ3n) is 6.43. The van der Waals surface area contributed by atoms with Gasteiger partial charge < -0.3 is 19.4 Å². The zero-order chi connectivity index (χ0) is 25.7. The van der Waals surface area contributed by atoms with E-state index in [-0.39, 0.29) is 29.2 Å². The topological polar surface area (TPSA) is 94.8 Å². The van der Waals surface area contributed by atoms with Gasteiger partial charge in [-0.25, -0.2) is 0 Å². The Kier molecular flexibility index (Phi) is 5.70. The Morgan fingerprint density at radius 1 is 1.19 bits per heavy atom. The van der Waals surface area contributed by atoms with Crippen LogP contribution in [-0.4, -0.2) is 39.4 Å². The highest BCUT2D eigenvalue weighted by molar-refractivity contribution is 6.16. The molecule has 2 aromatic heterocycles. The molecule has 5 rings (SSSR count). The number of rotatable bonds is 5. The normalized spacial score (nSPS) is 16.9. The zero-order valence-electron chi connectivity index (χ0n) is 21.2. The zero-order valence-corrected chi connectivity index (χ0v) is 21.2. The Hall–Kier alpha value is -3.94. The summed E-state index contributed by atoms with van der Waals surface area (Å²) in [5, 5.41) is 2.76. The lowest BCUT2D eigenvalue weighted by Crippen LogP contribution is -2.32. The molecule has 1 amide bonds. The molecule has 0 atom stereocenters. The fraction of sp³-hybridized carbons (Fsp3) is 0.357. The second-order valence-corrected chi connectivity index (χ2v) is 10.6. The molecule has 2 aliphatic heterocycles. The molecule has 1 aromatic carbocycles. The van der Waals surface area contributed by atoms with Crippen LogP contribution in [0.3, 0.4) is 0 Å². The van der Waals surface area contributed by atoms with Gasteiger partial charge in [0.05, 0.1) is 30.2 Å². The molecule has 8 heteroatoms. The SMILES string of the molecule is COc1cc2c(c3c1OC(C)(C)C3)C(c1ccn(CC(=O)Nc3cccnc3)c(=O)c1)=NC(C)(C)C2. The van der Waals surface area contributed by atoms with Crippen LogP contribution in [0, 0.1) is 0 Å². The number of fused-ring (bicyclic) bond motifs is 3. The largest absolute Gasteiger partial charge is 0.493 e. The minimum Gasteiger partial charge on any atom is -0.493 e. The summed E-state index contributed by atoms with van der Waals surface area (Å²) in [6.07, 6.45) is 6.30. The maximum absolute atomic E-state index is 13.1. The van der Waals surface area contributed by atoms with Gasteiger partial charge in [0.25, 0.3) is 5.56 Å². The number of aliphatic imine (C=N–C) groups is 1. The Morgan fingerprint density at radius 3 is 2.69 bits per heavy atom. The molecular weight excluding hydrogens is 456 g/mol. The van der Waals surface area contributed by atoms with Crippen molar-refractivity contribution in [3.05, 3.63) is 81.5 Å². The van der Waals surface area contributed by atoms with Gasteiger partial charge in [-0.2, -0.15) is 0 Å². The molecule has 0 fully saturated rings. The van der Waals surface area contributed by atoms with Crippen LogP contribution < -0.4 is 20.3 Å². The molecule has 0 saturated carbocycles. The number of carbonyl (C=O) groups is 1. The van der Waals surface area contributed by atoms with E-state index in [1.54, 1.807) is 43.9 Å². The average molecular weight is 487 g/mol. The average Bonchev–Trinajstić information content (AvgIpc) is 3.14. The monoisotopic (exact) mass is 486 g/mol. The molecule has 0 spiro atoms. The number of ether oxygens (including phenoxy) is 2. The van der Waals surface area contributed by atoms with Crippen LogP contribution in [0.4, 0.5) is 5.69 Å². The van der Waals surface area contributed by atoms with Gasteiger partial charge in [-0.3, -0.25) is 19.6 Å². The first-order valence-electron chi connectivity index (χ1n) is 12.0. The third-order valence-corrected chi connectivity index (χ3v) is 6.43. The molecule has 8 nitrogen and oxygen atoms in total. The molecule has 0 aliphatic carbocycles. The quantitative estimate of drug-likeness (QED) is 0.592. The first-order valence-corrected chi connectivity index (χ1v) is 12.0. The second-order valence-electron chi connectivity index (χ2n) is 10.6. The van der Waals surface area contributed by atoms with Gasteiger partial charge in [0.15, 0.2) is 11.5 Å². The minimum absolute atomic E-state index is 0.100. The van der Waals surface area contributed by atoms with Crippen LogP contribution in [-0.2, 0) is 24.2 Å². The van der Waals surface area contributed by atoms with Gasteiger partial charge in [-0.05, 0) is 63.9 Å². The maximum atomic E-state index is 13.1. The summed E-state index contributed by atoms with van der Waals surface area (Å²) in [4.78, 5) is 34.6. The van der Waals surface area contributed by atoms with E-state index in [1.807, 2.05) is 12.1 Å². The van der Waals surface area contributed by atoms with Crippen LogP contribution >= 0.6 is 0 Å². The van der Waals surface area contributed by atoms with Crippen molar-refractivity contribution in [3.8, 4) is 11.5 Å². The number of amides is 1. The Morgan fingerprint density at radius 2 is 2.00 bits per heavy atom. The number of pyridine rings is 2. The fourth-order valence-electron chi connectivity index (χ4n) is 5.01. The van der Waals surface area contributed by atoms with E-state index in [0.29, 0.717) is 12.1 Å². The van der Waals surface area contributed by atoms with Gasteiger partial charge in [-0.1, -0.05) is 0 Å². The van der Waals surface area contributed by atoms with Crippen LogP contribution in [0.1, 0.15) is 49.9 Å². The van der Waals surface area contributed by atoms with E-state index in [1.165, 1.54) is 4.57 Å². The molecule has 36 heavy (non-hydrogen) atoms. The number of methoxy groups -OCH3 is 1. The van der Waals surface area contributed by atoms with Crippen LogP contribution in [0.25, 0.3) is 0 Å². The number of aromatic nitrogens is 2. The van der Waals surface area contributed by atoms with Crippen molar-refractivity contribution < 1.29 is 14.3 Å². The molecule has 3 aromatic rings. The van der Waals surface area contributed by atoms with Gasteiger partial charge >= 0.3 is 0 Å². The highest BCUT2D eigenvalue weighted by atomic mass is 16.5. The Labute approximate surface area is 210 Å². The van der Waals surface area contributed by atoms with Crippen LogP contribution in [0.15, 0.2) is 58.7 Å². The lowest BCUT2D eigenvalue weighted by atomic mass is 9.81. The summed E-state index contributed by atoms with van der Waals surface area (Å²) in [5.74, 6) is 1.17. The number of anilines is 1. The van der Waals surface area contributed by atoms with E-state index >= 15 is 0 Å². The summed E-state index contributed by atoms with van der Waals surface area (Å²) < 4.78 is 13.3. The second kappa shape index (κ2) is 8.62. The summed E-state index contributed by atoms with van der Waals surface area (Å²) in [6, 6.07) is 8.92. The van der Waals surface area contributed by atoms with Gasteiger partial charge in [0.2, 0.25) is 5.91 Å². The van der Waals surface area contributed by atoms with Gasteiger partial charge in [0, 0.05) is 41.6 Å². The molecule has 1 N–H and O–H groups in total. The smallest absolute Gasteiger partial charge is 0.251 e. The number of hydrogen-bond donors (Lipinski definition) is 1. The summed E-state index contributed by atoms with van der Waals surface area (Å²) in [6.45, 7) is 8.18. The van der Waals surface area contributed by atoms with Crippen LogP contribution in [0.2, 0.25) is 0 Å². The molecule has 0 saturated heterocycles. The standard InChI is InChI=1S/C28H30N4O4/c1-27(2)13-18-11-21(35-5)26-20(14-28(3,4)36-26)24(18)25(31-27)17-8-10-32(23(34)12-17)16-22(33)30-19-7-6-9-29-15-19/h6-12,15H,13-14,16H2,1-5H3,(H,30,33). The van der Waals surface area contributed by atoms with Crippen molar-refractivity contribution in [2.45, 2.75) is 58.2 Å². The fourth-order valence-corrected chi connectivity index (χ4v) is 5.01. The number of nitrogens with zero attached hydrogens (tertiary/aromatic N) is 3. The third kappa shape index (κ3) is 4.51. The van der Waals surface area contributed by atoms with Crippen molar-refractivity contribution in [1.82, 2.24) is 9.55 Å². The van der Waals surface area contributed by atoms with Crippen LogP contribution in [0.5, 0.6) is 11.5 Å².